The van der Waals surface area contributed by atoms with Gasteiger partial charge in [0.25, 0.3) is 10.0 Å². The predicted molar refractivity (Wildman–Crippen MR) is 83.3 cm³/mol. The summed E-state index contributed by atoms with van der Waals surface area (Å²) in [6, 6.07) is 4.88. The Morgan fingerprint density at radius 2 is 2.05 bits per heavy atom. The largest absolute Gasteiger partial charge is 0.361 e. The van der Waals surface area contributed by atoms with Crippen molar-refractivity contribution in [2.75, 3.05) is 0 Å². The molecule has 0 bridgehead atoms. The number of aryl methyl sites for hydroxylation is 1. The van der Waals surface area contributed by atoms with Gasteiger partial charge in [0.05, 0.1) is 12.1 Å². The number of carbonyl (C=O) groups excluding carboxylic acids is 1. The van der Waals surface area contributed by atoms with Crippen LogP contribution in [0.5, 0.6) is 0 Å². The first-order valence-electron chi connectivity index (χ1n) is 6.66. The number of hydrogen-bond acceptors (Lipinski definition) is 6. The summed E-state index contributed by atoms with van der Waals surface area (Å²) in [5.41, 5.74) is 0.257. The molecule has 6 nitrogen and oxygen atoms in total. The van der Waals surface area contributed by atoms with Gasteiger partial charge < -0.3 is 4.52 Å². The van der Waals surface area contributed by atoms with Crippen molar-refractivity contribution in [2.45, 2.75) is 43.7 Å². The summed E-state index contributed by atoms with van der Waals surface area (Å²) >= 11 is 1.16. The Bertz CT molecular complexity index is 782. The van der Waals surface area contributed by atoms with Crippen LogP contribution in [-0.4, -0.2) is 19.5 Å². The topological polar surface area (TPSA) is 89.3 Å². The minimum absolute atomic E-state index is 0.127. The first-order chi connectivity index (χ1) is 10.1. The normalized spacial score (nSPS) is 12.4. The molecule has 0 aromatic carbocycles. The van der Waals surface area contributed by atoms with Crippen molar-refractivity contribution in [3.8, 4) is 0 Å². The molecule has 1 amide bonds. The summed E-state index contributed by atoms with van der Waals surface area (Å²) in [4.78, 5) is 12.8. The van der Waals surface area contributed by atoms with E-state index in [2.05, 4.69) is 9.88 Å². The molecule has 0 unspecified atom stereocenters. The molecule has 0 spiro atoms. The van der Waals surface area contributed by atoms with E-state index in [0.717, 1.165) is 16.2 Å². The van der Waals surface area contributed by atoms with E-state index in [0.29, 0.717) is 11.5 Å². The highest BCUT2D eigenvalue weighted by Gasteiger charge is 2.24. The van der Waals surface area contributed by atoms with Crippen molar-refractivity contribution in [3.63, 3.8) is 0 Å². The standard InChI is InChI=1S/C14H18N2O4S2/c1-9-7-10(15-20-9)8-12(17)16-22(18,19)13-6-5-11(21-13)14(2,3)4/h5-7H,8H2,1-4H3,(H,16,17). The molecule has 0 fully saturated rings. The van der Waals surface area contributed by atoms with E-state index in [9.17, 15) is 13.2 Å². The molecule has 22 heavy (non-hydrogen) atoms. The van der Waals surface area contributed by atoms with E-state index in [4.69, 9.17) is 4.52 Å². The van der Waals surface area contributed by atoms with Crippen LogP contribution >= 0.6 is 11.3 Å². The molecule has 2 rings (SSSR count). The second-order valence-corrected chi connectivity index (χ2v) is 9.00. The molecule has 2 aromatic rings. The van der Waals surface area contributed by atoms with Crippen molar-refractivity contribution >= 4 is 27.3 Å². The molecule has 0 aliphatic heterocycles. The van der Waals surface area contributed by atoms with Gasteiger partial charge in [-0.3, -0.25) is 4.79 Å². The second-order valence-electron chi connectivity index (χ2n) is 6.00. The summed E-state index contributed by atoms with van der Waals surface area (Å²) in [5.74, 6) is -0.0715. The van der Waals surface area contributed by atoms with Gasteiger partial charge in [-0.1, -0.05) is 25.9 Å². The third-order valence-corrected chi connectivity index (χ3v) is 6.23. The van der Waals surface area contributed by atoms with Gasteiger partial charge in [0, 0.05) is 10.9 Å². The van der Waals surface area contributed by atoms with E-state index >= 15 is 0 Å². The van der Waals surface area contributed by atoms with E-state index < -0.39 is 15.9 Å². The van der Waals surface area contributed by atoms with Gasteiger partial charge in [0.2, 0.25) is 5.91 Å². The maximum Gasteiger partial charge on any atom is 0.273 e. The molecule has 0 atom stereocenters. The lowest BCUT2D eigenvalue weighted by molar-refractivity contribution is -0.118. The number of nitrogens with one attached hydrogen (secondary N) is 1. The van der Waals surface area contributed by atoms with Crippen LogP contribution in [0.25, 0.3) is 0 Å². The maximum absolute atomic E-state index is 12.2. The predicted octanol–water partition coefficient (Wildman–Crippen LogP) is 2.39. The Kier molecular flexibility index (Phi) is 4.44. The third kappa shape index (κ3) is 3.95. The average Bonchev–Trinajstić information content (AvgIpc) is 2.96. The number of amides is 1. The van der Waals surface area contributed by atoms with Gasteiger partial charge in [-0.05, 0) is 24.5 Å². The lowest BCUT2D eigenvalue weighted by Crippen LogP contribution is -2.31. The van der Waals surface area contributed by atoms with Crippen LogP contribution in [0, 0.1) is 6.92 Å². The van der Waals surface area contributed by atoms with Crippen molar-refractivity contribution in [3.05, 3.63) is 34.5 Å². The highest BCUT2D eigenvalue weighted by atomic mass is 32.2. The number of nitrogens with zero attached hydrogens (tertiary/aromatic N) is 1. The second kappa shape index (κ2) is 5.85. The van der Waals surface area contributed by atoms with Crippen molar-refractivity contribution in [1.29, 1.82) is 0 Å². The van der Waals surface area contributed by atoms with Crippen LogP contribution in [0.3, 0.4) is 0 Å². The summed E-state index contributed by atoms with van der Waals surface area (Å²) in [6.07, 6.45) is -0.145. The molecule has 0 aliphatic rings. The molecule has 8 heteroatoms. The Morgan fingerprint density at radius 3 is 2.55 bits per heavy atom. The SMILES string of the molecule is Cc1cc(CC(=O)NS(=O)(=O)c2ccc(C(C)(C)C)s2)no1. The highest BCUT2D eigenvalue weighted by Crippen LogP contribution is 2.31. The van der Waals surface area contributed by atoms with Gasteiger partial charge in [-0.15, -0.1) is 11.3 Å². The summed E-state index contributed by atoms with van der Waals surface area (Å²) in [7, 11) is -3.85. The monoisotopic (exact) mass is 342 g/mol. The third-order valence-electron chi connectivity index (χ3n) is 2.85. The van der Waals surface area contributed by atoms with Crippen molar-refractivity contribution in [2.24, 2.45) is 0 Å². The van der Waals surface area contributed by atoms with E-state index in [-0.39, 0.29) is 16.0 Å². The number of hydrogen-bond donors (Lipinski definition) is 1. The van der Waals surface area contributed by atoms with Gasteiger partial charge in [-0.2, -0.15) is 0 Å². The Morgan fingerprint density at radius 1 is 1.36 bits per heavy atom. The van der Waals surface area contributed by atoms with E-state index in [1.165, 1.54) is 6.07 Å². The van der Waals surface area contributed by atoms with Gasteiger partial charge in [-0.25, -0.2) is 13.1 Å². The molecular formula is C14H18N2O4S2. The van der Waals surface area contributed by atoms with Crippen LogP contribution in [0.1, 0.15) is 37.1 Å². The maximum atomic E-state index is 12.2. The first kappa shape index (κ1) is 16.7. The number of rotatable bonds is 4. The van der Waals surface area contributed by atoms with Crippen molar-refractivity contribution in [1.82, 2.24) is 9.88 Å². The minimum Gasteiger partial charge on any atom is -0.361 e. The molecule has 0 radical (unpaired) electrons. The zero-order valence-electron chi connectivity index (χ0n) is 12.8. The lowest BCUT2D eigenvalue weighted by atomic mass is 9.95. The van der Waals surface area contributed by atoms with Gasteiger partial charge >= 0.3 is 0 Å². The zero-order chi connectivity index (χ0) is 16.5. The molecule has 0 saturated heterocycles. The Hall–Kier alpha value is -1.67. The molecule has 120 valence electrons. The van der Waals surface area contributed by atoms with Crippen LogP contribution in [-0.2, 0) is 26.7 Å². The quantitative estimate of drug-likeness (QED) is 0.921. The molecule has 2 aromatic heterocycles. The minimum atomic E-state index is -3.85. The molecule has 0 saturated carbocycles. The zero-order valence-corrected chi connectivity index (χ0v) is 14.5. The van der Waals surface area contributed by atoms with Crippen molar-refractivity contribution < 1.29 is 17.7 Å². The van der Waals surface area contributed by atoms with Gasteiger partial charge in [0.1, 0.15) is 9.97 Å². The summed E-state index contributed by atoms with van der Waals surface area (Å²) in [5, 5.41) is 3.67. The molecule has 1 N–H and O–H groups in total. The fourth-order valence-corrected chi connectivity index (χ4v) is 4.12. The van der Waals surface area contributed by atoms with Crippen LogP contribution in [0.15, 0.2) is 26.9 Å². The Labute approximate surface area is 133 Å². The number of sulfonamides is 1. The number of thiophene rings is 1. The van der Waals surface area contributed by atoms with Crippen LogP contribution in [0.2, 0.25) is 0 Å². The fraction of sp³-hybridized carbons (Fsp3) is 0.429. The Balaban J connectivity index is 2.10. The fourth-order valence-electron chi connectivity index (χ4n) is 1.77. The molecular weight excluding hydrogens is 324 g/mol. The number of aromatic nitrogens is 1. The number of carbonyl (C=O) groups is 1. The average molecular weight is 342 g/mol. The van der Waals surface area contributed by atoms with Gasteiger partial charge in [0.15, 0.2) is 0 Å². The first-order valence-corrected chi connectivity index (χ1v) is 8.96. The summed E-state index contributed by atoms with van der Waals surface area (Å²) in [6.45, 7) is 7.70. The van der Waals surface area contributed by atoms with E-state index in [1.807, 2.05) is 20.8 Å². The van der Waals surface area contributed by atoms with E-state index in [1.54, 1.807) is 19.1 Å². The lowest BCUT2D eigenvalue weighted by Gasteiger charge is -2.15. The molecule has 2 heterocycles. The highest BCUT2D eigenvalue weighted by molar-refractivity contribution is 7.92. The van der Waals surface area contributed by atoms with Crippen LogP contribution < -0.4 is 4.72 Å². The van der Waals surface area contributed by atoms with Crippen LogP contribution in [0.4, 0.5) is 0 Å². The molecule has 0 aliphatic carbocycles. The smallest absolute Gasteiger partial charge is 0.273 e. The summed E-state index contributed by atoms with van der Waals surface area (Å²) < 4.78 is 31.5.